The Morgan fingerprint density at radius 3 is 2.72 bits per heavy atom. The molecule has 0 aliphatic heterocycles. The van der Waals surface area contributed by atoms with Gasteiger partial charge in [0.05, 0.1) is 10.6 Å². The number of hydrogen-bond donors (Lipinski definition) is 0. The molecule has 130 valence electrons. The fourth-order valence-corrected chi connectivity index (χ4v) is 3.98. The highest BCUT2D eigenvalue weighted by atomic mass is 35.5. The molecule has 1 aromatic heterocycles. The minimum absolute atomic E-state index is 0.582. The van der Waals surface area contributed by atoms with Crippen molar-refractivity contribution in [3.63, 3.8) is 0 Å². The topological polar surface area (TPSA) is 29.3 Å². The van der Waals surface area contributed by atoms with Crippen molar-refractivity contribution >= 4 is 22.7 Å². The quantitative estimate of drug-likeness (QED) is 0.583. The Morgan fingerprint density at radius 2 is 1.92 bits per heavy atom. The van der Waals surface area contributed by atoms with E-state index in [0.29, 0.717) is 17.0 Å². The van der Waals surface area contributed by atoms with Gasteiger partial charge in [-0.3, -0.25) is 4.90 Å². The van der Waals surface area contributed by atoms with Gasteiger partial charge < -0.3 is 4.42 Å². The number of aromatic nitrogens is 1. The maximum Gasteiger partial charge on any atom is 0.228 e. The van der Waals surface area contributed by atoms with Crippen LogP contribution in [-0.2, 0) is 6.54 Å². The van der Waals surface area contributed by atoms with Crippen LogP contribution in [0.25, 0.3) is 22.6 Å². The molecule has 25 heavy (non-hydrogen) atoms. The number of halogens is 1. The molecule has 0 radical (unpaired) electrons. The van der Waals surface area contributed by atoms with E-state index in [-0.39, 0.29) is 0 Å². The number of nitrogens with zero attached hydrogens (tertiary/aromatic N) is 2. The molecule has 0 amide bonds. The Balaban J connectivity index is 1.57. The third kappa shape index (κ3) is 3.58. The first-order chi connectivity index (χ1) is 12.2. The third-order valence-electron chi connectivity index (χ3n) is 5.19. The monoisotopic (exact) mass is 354 g/mol. The first kappa shape index (κ1) is 16.6. The number of fused-ring (bicyclic) bond motifs is 1. The third-order valence-corrected chi connectivity index (χ3v) is 5.52. The first-order valence-corrected chi connectivity index (χ1v) is 9.43. The molecule has 0 N–H and O–H groups in total. The molecule has 0 atom stereocenters. The highest BCUT2D eigenvalue weighted by Crippen LogP contribution is 2.30. The average molecular weight is 355 g/mol. The second-order valence-corrected chi connectivity index (χ2v) is 7.42. The van der Waals surface area contributed by atoms with Crippen molar-refractivity contribution < 1.29 is 4.42 Å². The summed E-state index contributed by atoms with van der Waals surface area (Å²) in [5, 5.41) is 0.659. The number of hydrogen-bond acceptors (Lipinski definition) is 3. The lowest BCUT2D eigenvalue weighted by atomic mass is 9.94. The van der Waals surface area contributed by atoms with Crippen molar-refractivity contribution in [2.75, 3.05) is 7.05 Å². The molecule has 0 bridgehead atoms. The molecule has 1 saturated carbocycles. The number of oxazole rings is 1. The van der Waals surface area contributed by atoms with Crippen LogP contribution >= 0.6 is 11.6 Å². The first-order valence-electron chi connectivity index (χ1n) is 9.05. The Labute approximate surface area is 153 Å². The van der Waals surface area contributed by atoms with Crippen LogP contribution in [0.1, 0.15) is 37.7 Å². The molecule has 4 rings (SSSR count). The van der Waals surface area contributed by atoms with E-state index >= 15 is 0 Å². The van der Waals surface area contributed by atoms with Crippen LogP contribution in [0, 0.1) is 0 Å². The van der Waals surface area contributed by atoms with Crippen LogP contribution in [0.15, 0.2) is 46.9 Å². The van der Waals surface area contributed by atoms with Crippen molar-refractivity contribution in [1.82, 2.24) is 9.88 Å². The van der Waals surface area contributed by atoms with Crippen molar-refractivity contribution in [1.29, 1.82) is 0 Å². The maximum atomic E-state index is 6.27. The molecule has 4 heteroatoms. The lowest BCUT2D eigenvalue weighted by Crippen LogP contribution is -2.32. The molecule has 0 unspecified atom stereocenters. The molecular formula is C21H23ClN2O. The van der Waals surface area contributed by atoms with Crippen molar-refractivity contribution in [3.05, 3.63) is 53.1 Å². The number of benzene rings is 2. The Bertz CT molecular complexity index is 867. The van der Waals surface area contributed by atoms with Crippen LogP contribution < -0.4 is 0 Å². The van der Waals surface area contributed by atoms with Gasteiger partial charge in [-0.1, -0.05) is 49.1 Å². The highest BCUT2D eigenvalue weighted by molar-refractivity contribution is 6.33. The van der Waals surface area contributed by atoms with Gasteiger partial charge in [0, 0.05) is 12.6 Å². The minimum Gasteiger partial charge on any atom is -0.436 e. The van der Waals surface area contributed by atoms with Crippen LogP contribution in [0.3, 0.4) is 0 Å². The zero-order valence-corrected chi connectivity index (χ0v) is 15.3. The van der Waals surface area contributed by atoms with Crippen molar-refractivity contribution in [3.8, 4) is 11.5 Å². The van der Waals surface area contributed by atoms with Gasteiger partial charge in [-0.05, 0) is 49.7 Å². The lowest BCUT2D eigenvalue weighted by Gasteiger charge is -2.31. The summed E-state index contributed by atoms with van der Waals surface area (Å²) in [7, 11) is 2.23. The summed E-state index contributed by atoms with van der Waals surface area (Å²) in [6.45, 7) is 0.953. The highest BCUT2D eigenvalue weighted by Gasteiger charge is 2.18. The van der Waals surface area contributed by atoms with Gasteiger partial charge in [-0.2, -0.15) is 0 Å². The van der Waals surface area contributed by atoms with E-state index < -0.39 is 0 Å². The summed E-state index contributed by atoms with van der Waals surface area (Å²) in [4.78, 5) is 7.14. The van der Waals surface area contributed by atoms with E-state index in [4.69, 9.17) is 16.0 Å². The molecule has 0 saturated heterocycles. The Kier molecular flexibility index (Phi) is 4.78. The SMILES string of the molecule is CN(Cc1ccc2oc(-c3ccccc3Cl)nc2c1)C1CCCCC1. The van der Waals surface area contributed by atoms with E-state index in [1.807, 2.05) is 30.3 Å². The Hall–Kier alpha value is -1.84. The lowest BCUT2D eigenvalue weighted by molar-refractivity contribution is 0.184. The predicted octanol–water partition coefficient (Wildman–Crippen LogP) is 5.91. The van der Waals surface area contributed by atoms with Gasteiger partial charge in [0.2, 0.25) is 5.89 Å². The smallest absolute Gasteiger partial charge is 0.228 e. The minimum atomic E-state index is 0.582. The summed E-state index contributed by atoms with van der Waals surface area (Å²) in [6, 6.07) is 14.7. The van der Waals surface area contributed by atoms with E-state index in [9.17, 15) is 0 Å². The zero-order valence-electron chi connectivity index (χ0n) is 14.5. The van der Waals surface area contributed by atoms with Crippen LogP contribution in [0.2, 0.25) is 5.02 Å². The molecule has 1 aliphatic carbocycles. The van der Waals surface area contributed by atoms with Gasteiger partial charge in [-0.15, -0.1) is 0 Å². The molecule has 1 aliphatic rings. The Morgan fingerprint density at radius 1 is 1.12 bits per heavy atom. The fourth-order valence-electron chi connectivity index (χ4n) is 3.76. The van der Waals surface area contributed by atoms with Gasteiger partial charge in [0.25, 0.3) is 0 Å². The maximum absolute atomic E-state index is 6.27. The average Bonchev–Trinajstić information content (AvgIpc) is 3.06. The standard InChI is InChI=1S/C21H23ClN2O/c1-24(16-7-3-2-4-8-16)14-15-11-12-20-19(13-15)23-21(25-20)17-9-5-6-10-18(17)22/h5-6,9-13,16H,2-4,7-8,14H2,1H3. The van der Waals surface area contributed by atoms with Crippen LogP contribution in [0.4, 0.5) is 0 Å². The van der Waals surface area contributed by atoms with E-state index in [2.05, 4.69) is 29.1 Å². The van der Waals surface area contributed by atoms with Gasteiger partial charge in [0.15, 0.2) is 5.58 Å². The van der Waals surface area contributed by atoms with E-state index in [1.54, 1.807) is 0 Å². The fraction of sp³-hybridized carbons (Fsp3) is 0.381. The number of rotatable bonds is 4. The second-order valence-electron chi connectivity index (χ2n) is 7.01. The van der Waals surface area contributed by atoms with Crippen molar-refractivity contribution in [2.24, 2.45) is 0 Å². The van der Waals surface area contributed by atoms with E-state index in [1.165, 1.54) is 37.7 Å². The summed E-state index contributed by atoms with van der Waals surface area (Å²) in [5.74, 6) is 0.582. The molecule has 2 aromatic carbocycles. The van der Waals surface area contributed by atoms with Crippen molar-refractivity contribution in [2.45, 2.75) is 44.7 Å². The molecule has 3 aromatic rings. The largest absolute Gasteiger partial charge is 0.436 e. The van der Waals surface area contributed by atoms with Crippen LogP contribution in [-0.4, -0.2) is 23.0 Å². The van der Waals surface area contributed by atoms with Crippen LogP contribution in [0.5, 0.6) is 0 Å². The summed E-state index contributed by atoms with van der Waals surface area (Å²) in [6.07, 6.45) is 6.75. The van der Waals surface area contributed by atoms with Gasteiger partial charge >= 0.3 is 0 Å². The molecule has 1 heterocycles. The molecular weight excluding hydrogens is 332 g/mol. The zero-order chi connectivity index (χ0) is 17.2. The molecule has 1 fully saturated rings. The van der Waals surface area contributed by atoms with Gasteiger partial charge in [0.1, 0.15) is 5.52 Å². The summed E-state index contributed by atoms with van der Waals surface area (Å²) >= 11 is 6.27. The predicted molar refractivity (Wildman–Crippen MR) is 103 cm³/mol. The molecule has 0 spiro atoms. The molecule has 3 nitrogen and oxygen atoms in total. The summed E-state index contributed by atoms with van der Waals surface area (Å²) in [5.41, 5.74) is 3.81. The van der Waals surface area contributed by atoms with Gasteiger partial charge in [-0.25, -0.2) is 4.98 Å². The normalized spacial score (nSPS) is 16.0. The van der Waals surface area contributed by atoms with E-state index in [0.717, 1.165) is 23.2 Å². The second kappa shape index (κ2) is 7.19. The summed E-state index contributed by atoms with van der Waals surface area (Å²) < 4.78 is 5.90.